The van der Waals surface area contributed by atoms with Crippen LogP contribution >= 0.6 is 0 Å². The molecule has 2 atom stereocenters. The van der Waals surface area contributed by atoms with E-state index in [0.29, 0.717) is 51.4 Å². The molecule has 0 saturated carbocycles. The first kappa shape index (κ1) is 51.7. The van der Waals surface area contributed by atoms with Crippen molar-refractivity contribution in [2.75, 3.05) is 6.54 Å². The van der Waals surface area contributed by atoms with Crippen molar-refractivity contribution in [3.63, 3.8) is 0 Å². The first-order valence-corrected chi connectivity index (χ1v) is 14.8. The van der Waals surface area contributed by atoms with Crippen molar-refractivity contribution in [1.82, 2.24) is 5.32 Å². The Labute approximate surface area is 258 Å². The van der Waals surface area contributed by atoms with Crippen molar-refractivity contribution in [1.29, 1.82) is 0 Å². The number of amides is 1. The minimum absolute atomic E-state index is 0. The molecule has 1 aromatic carbocycles. The van der Waals surface area contributed by atoms with Crippen molar-refractivity contribution in [2.24, 2.45) is 11.5 Å². The van der Waals surface area contributed by atoms with E-state index in [0.717, 1.165) is 24.6 Å². The van der Waals surface area contributed by atoms with Gasteiger partial charge in [-0.1, -0.05) is 80.2 Å². The Kier molecular flexibility index (Phi) is 52.2. The number of hydrogen-bond acceptors (Lipinski definition) is 8. The third-order valence-electron chi connectivity index (χ3n) is 4.77. The summed E-state index contributed by atoms with van der Waals surface area (Å²) in [6.45, 7) is 17.6. The molecule has 9 heteroatoms. The lowest BCUT2D eigenvalue weighted by atomic mass is 10.1. The van der Waals surface area contributed by atoms with E-state index in [9.17, 15) is 28.8 Å². The highest BCUT2D eigenvalue weighted by Gasteiger charge is 2.17. The van der Waals surface area contributed by atoms with Gasteiger partial charge in [0.1, 0.15) is 24.6 Å². The SMILES string of the molecule is C.CC.CC.CC.CC(=O)CC[C@@H](C=O)NC(=O)[C@@H](N)CCCN.CCc1ccc(C(C)=O)cc1.O=CCCCC=O.[HH]. The van der Waals surface area contributed by atoms with Crippen molar-refractivity contribution < 1.29 is 30.2 Å². The first-order valence-electron chi connectivity index (χ1n) is 14.8. The number of nitrogens with one attached hydrogen (secondary N) is 1. The summed E-state index contributed by atoms with van der Waals surface area (Å²) in [4.78, 5) is 63.0. The zero-order chi connectivity index (χ0) is 33.1. The molecule has 0 unspecified atom stereocenters. The van der Waals surface area contributed by atoms with Gasteiger partial charge in [0.25, 0.3) is 0 Å². The van der Waals surface area contributed by atoms with Crippen molar-refractivity contribution in [3.05, 3.63) is 35.4 Å². The van der Waals surface area contributed by atoms with Gasteiger partial charge in [-0.05, 0) is 58.1 Å². The summed E-state index contributed by atoms with van der Waals surface area (Å²) >= 11 is 0. The summed E-state index contributed by atoms with van der Waals surface area (Å²) in [6.07, 6.45) is 6.75. The van der Waals surface area contributed by atoms with Gasteiger partial charge in [-0.25, -0.2) is 0 Å². The Bertz CT molecular complexity index is 766. The number of benzene rings is 1. The van der Waals surface area contributed by atoms with Crippen LogP contribution in [0.1, 0.15) is 132 Å². The highest BCUT2D eigenvalue weighted by Crippen LogP contribution is 2.05. The summed E-state index contributed by atoms with van der Waals surface area (Å²) in [5.74, 6) is -0.259. The topological polar surface area (TPSA) is 166 Å². The minimum Gasteiger partial charge on any atom is -0.345 e. The van der Waals surface area contributed by atoms with Crippen LogP contribution < -0.4 is 16.8 Å². The van der Waals surface area contributed by atoms with Crippen LogP contribution in [-0.4, -0.2) is 55.0 Å². The van der Waals surface area contributed by atoms with Crippen LogP contribution in [0.25, 0.3) is 0 Å². The molecule has 5 N–H and O–H groups in total. The summed E-state index contributed by atoms with van der Waals surface area (Å²) in [7, 11) is 0. The summed E-state index contributed by atoms with van der Waals surface area (Å²) in [5, 5.41) is 2.51. The van der Waals surface area contributed by atoms with Gasteiger partial charge in [0.15, 0.2) is 5.78 Å². The summed E-state index contributed by atoms with van der Waals surface area (Å²) in [5.41, 5.74) is 13.0. The van der Waals surface area contributed by atoms with Crippen LogP contribution in [0.5, 0.6) is 0 Å². The van der Waals surface area contributed by atoms with Crippen LogP contribution in [0.2, 0.25) is 0 Å². The Morgan fingerprint density at radius 1 is 0.857 bits per heavy atom. The Balaban J connectivity index is -0.0000000863. The molecule has 248 valence electrons. The average Bonchev–Trinajstić information content (AvgIpc) is 3.01. The molecule has 0 radical (unpaired) electrons. The molecule has 0 aliphatic carbocycles. The van der Waals surface area contributed by atoms with Crippen LogP contribution in [0.4, 0.5) is 0 Å². The number of aryl methyl sites for hydroxylation is 1. The van der Waals surface area contributed by atoms with E-state index in [4.69, 9.17) is 11.5 Å². The standard InChI is InChI=1S/C11H21N3O3.C10H12O.C5H8O2.3C2H6.CH4.H2/c1-8(16)4-5-9(7-15)14-11(17)10(13)3-2-6-12;1-3-9-4-6-10(7-5-9)8(2)11;6-4-2-1-3-5-7;3*1-2;;/h7,9-10H,2-6,12-13H2,1H3,(H,14,17);4-7H,3H2,1-2H3;4-5H,1-3H2;3*1-2H3;1H4;1H/t9-,10-;;;;;;;/m0......./s1. The number of hydrogen-bond donors (Lipinski definition) is 3. The fraction of sp³-hybridized carbons (Fsp3) is 0.636. The lowest BCUT2D eigenvalue weighted by Crippen LogP contribution is -2.46. The molecule has 0 fully saturated rings. The maximum absolute atomic E-state index is 11.5. The molecule has 0 bridgehead atoms. The number of ketones is 2. The monoisotopic (exact) mass is 599 g/mol. The van der Waals surface area contributed by atoms with E-state index < -0.39 is 12.1 Å². The molecular formula is C33H65N3O6. The number of rotatable bonds is 15. The number of aldehydes is 3. The van der Waals surface area contributed by atoms with E-state index in [-0.39, 0.29) is 32.7 Å². The fourth-order valence-electron chi connectivity index (χ4n) is 2.55. The second-order valence-electron chi connectivity index (χ2n) is 7.90. The highest BCUT2D eigenvalue weighted by molar-refractivity contribution is 5.94. The van der Waals surface area contributed by atoms with Crippen LogP contribution in [-0.2, 0) is 30.4 Å². The number of unbranched alkanes of at least 4 members (excludes halogenated alkanes) is 2. The third-order valence-corrected chi connectivity index (χ3v) is 4.77. The van der Waals surface area contributed by atoms with E-state index >= 15 is 0 Å². The van der Waals surface area contributed by atoms with Crippen molar-refractivity contribution in [2.45, 2.75) is 133 Å². The van der Waals surface area contributed by atoms with Crippen LogP contribution in [0.3, 0.4) is 0 Å². The van der Waals surface area contributed by atoms with Gasteiger partial charge in [0, 0.05) is 26.3 Å². The molecule has 1 amide bonds. The van der Waals surface area contributed by atoms with E-state index in [1.165, 1.54) is 12.5 Å². The van der Waals surface area contributed by atoms with Gasteiger partial charge >= 0.3 is 0 Å². The number of Topliss-reactive ketones (excluding diaryl/α,β-unsaturated/α-hetero) is 2. The molecule has 1 aromatic rings. The minimum atomic E-state index is -0.654. The lowest BCUT2D eigenvalue weighted by molar-refractivity contribution is -0.125. The van der Waals surface area contributed by atoms with Gasteiger partial charge in [-0.3, -0.25) is 9.59 Å². The zero-order valence-corrected chi connectivity index (χ0v) is 27.2. The number of nitrogens with two attached hydrogens (primary N) is 2. The maximum atomic E-state index is 11.5. The summed E-state index contributed by atoms with van der Waals surface area (Å²) < 4.78 is 0. The third kappa shape index (κ3) is 37.0. The van der Waals surface area contributed by atoms with Crippen molar-refractivity contribution in [3.8, 4) is 0 Å². The van der Waals surface area contributed by atoms with Gasteiger partial charge in [-0.15, -0.1) is 0 Å². The molecule has 0 aliphatic heterocycles. The van der Waals surface area contributed by atoms with Gasteiger partial charge in [0.05, 0.1) is 12.1 Å². The van der Waals surface area contributed by atoms with Crippen molar-refractivity contribution >= 4 is 36.3 Å². The summed E-state index contributed by atoms with van der Waals surface area (Å²) in [6, 6.07) is 6.45. The molecule has 42 heavy (non-hydrogen) atoms. The molecule has 0 heterocycles. The molecule has 0 spiro atoms. The largest absolute Gasteiger partial charge is 0.345 e. The van der Waals surface area contributed by atoms with Gasteiger partial charge < -0.3 is 36.0 Å². The molecule has 0 aromatic heterocycles. The second kappa shape index (κ2) is 42.4. The van der Waals surface area contributed by atoms with E-state index in [1.54, 1.807) is 6.92 Å². The van der Waals surface area contributed by atoms with Gasteiger partial charge in [-0.2, -0.15) is 0 Å². The Morgan fingerprint density at radius 3 is 1.67 bits per heavy atom. The predicted molar refractivity (Wildman–Crippen MR) is 179 cm³/mol. The molecule has 0 saturated heterocycles. The van der Waals surface area contributed by atoms with Gasteiger partial charge in [0.2, 0.25) is 5.91 Å². The lowest BCUT2D eigenvalue weighted by Gasteiger charge is -2.16. The second-order valence-corrected chi connectivity index (χ2v) is 7.90. The molecule has 1 rings (SSSR count). The molecular weight excluding hydrogens is 534 g/mol. The molecule has 0 aliphatic rings. The molecule has 9 nitrogen and oxygen atoms in total. The Hall–Kier alpha value is -3.04. The number of carbonyl (C=O) groups excluding carboxylic acids is 6. The maximum Gasteiger partial charge on any atom is 0.237 e. The highest BCUT2D eigenvalue weighted by atomic mass is 16.2. The Morgan fingerprint density at radius 2 is 1.33 bits per heavy atom. The average molecular weight is 600 g/mol. The zero-order valence-electron chi connectivity index (χ0n) is 27.2. The van der Waals surface area contributed by atoms with E-state index in [1.807, 2.05) is 65.8 Å². The fourth-order valence-corrected chi connectivity index (χ4v) is 2.55. The first-order chi connectivity index (χ1) is 19.7. The van der Waals surface area contributed by atoms with Crippen LogP contribution in [0, 0.1) is 0 Å². The van der Waals surface area contributed by atoms with Crippen LogP contribution in [0.15, 0.2) is 24.3 Å². The van der Waals surface area contributed by atoms with E-state index in [2.05, 4.69) is 12.2 Å². The quantitative estimate of drug-likeness (QED) is 0.124. The smallest absolute Gasteiger partial charge is 0.237 e. The normalized spacial score (nSPS) is 9.88. The number of carbonyl (C=O) groups is 6. The predicted octanol–water partition coefficient (Wildman–Crippen LogP) is 6.07.